The molecule has 1 unspecified atom stereocenters. The van der Waals surface area contributed by atoms with Crippen LogP contribution in [0.3, 0.4) is 0 Å². The van der Waals surface area contributed by atoms with Crippen LogP contribution in [0.5, 0.6) is 0 Å². The Bertz CT molecular complexity index is 682. The van der Waals surface area contributed by atoms with Crippen LogP contribution >= 0.6 is 15.9 Å². The van der Waals surface area contributed by atoms with Crippen molar-refractivity contribution in [1.82, 2.24) is 14.7 Å². The van der Waals surface area contributed by atoms with Gasteiger partial charge in [0.15, 0.2) is 0 Å². The molecule has 0 radical (unpaired) electrons. The van der Waals surface area contributed by atoms with Crippen LogP contribution in [-0.4, -0.2) is 49.4 Å². The van der Waals surface area contributed by atoms with E-state index < -0.39 is 9.73 Å². The second-order valence-electron chi connectivity index (χ2n) is 6.57. The lowest BCUT2D eigenvalue weighted by Gasteiger charge is -2.39. The highest BCUT2D eigenvalue weighted by atomic mass is 79.9. The number of carbonyl (C=O) groups excluding carboxylic acids is 1. The Morgan fingerprint density at radius 3 is 2.38 bits per heavy atom. The molecule has 1 fully saturated rings. The minimum absolute atomic E-state index is 0.127. The zero-order valence-electron chi connectivity index (χ0n) is 12.9. The number of likely N-dealkylation sites (tertiary alicyclic amines) is 1. The standard InChI is InChI=1S/C13H21BrN4O2S/c1-8-10(14)11(18(16-8)13(2,3)4)12(19)17-6-9(7-17)21(5,15)20/h9,15H,6-7H2,1-5H3. The van der Waals surface area contributed by atoms with Crippen LogP contribution in [0.2, 0.25) is 0 Å². The van der Waals surface area contributed by atoms with Crippen LogP contribution in [0.4, 0.5) is 0 Å². The first-order valence-electron chi connectivity index (χ1n) is 6.70. The van der Waals surface area contributed by atoms with E-state index >= 15 is 0 Å². The van der Waals surface area contributed by atoms with Crippen LogP contribution in [-0.2, 0) is 15.3 Å². The summed E-state index contributed by atoms with van der Waals surface area (Å²) < 4.78 is 21.7. The van der Waals surface area contributed by atoms with Crippen molar-refractivity contribution in [3.63, 3.8) is 0 Å². The number of hydrogen-bond donors (Lipinski definition) is 1. The van der Waals surface area contributed by atoms with Gasteiger partial charge in [-0.05, 0) is 43.6 Å². The molecule has 6 nitrogen and oxygen atoms in total. The van der Waals surface area contributed by atoms with Gasteiger partial charge >= 0.3 is 0 Å². The average molecular weight is 377 g/mol. The summed E-state index contributed by atoms with van der Waals surface area (Å²) in [4.78, 5) is 14.3. The lowest BCUT2D eigenvalue weighted by molar-refractivity contribution is 0.0638. The van der Waals surface area contributed by atoms with Crippen molar-refractivity contribution < 1.29 is 9.00 Å². The molecule has 1 atom stereocenters. The molecule has 8 heteroatoms. The third-order valence-electron chi connectivity index (χ3n) is 3.60. The Balaban J connectivity index is 2.30. The molecule has 0 spiro atoms. The second-order valence-corrected chi connectivity index (χ2v) is 9.83. The molecule has 118 valence electrons. The first-order chi connectivity index (χ1) is 9.43. The molecular formula is C13H21BrN4O2S. The molecule has 1 amide bonds. The summed E-state index contributed by atoms with van der Waals surface area (Å²) in [6.45, 7) is 8.57. The summed E-state index contributed by atoms with van der Waals surface area (Å²) in [6.07, 6.45) is 1.43. The Morgan fingerprint density at radius 1 is 1.43 bits per heavy atom. The molecular weight excluding hydrogens is 356 g/mol. The predicted octanol–water partition coefficient (Wildman–Crippen LogP) is 2.21. The maximum atomic E-state index is 12.7. The first kappa shape index (κ1) is 16.5. The van der Waals surface area contributed by atoms with Crippen LogP contribution in [0, 0.1) is 11.7 Å². The Labute approximate surface area is 134 Å². The van der Waals surface area contributed by atoms with Crippen molar-refractivity contribution in [2.75, 3.05) is 19.3 Å². The van der Waals surface area contributed by atoms with Gasteiger partial charge in [0.25, 0.3) is 5.91 Å². The number of hydrogen-bond acceptors (Lipinski definition) is 4. The fourth-order valence-corrected chi connectivity index (χ4v) is 3.56. The molecule has 2 heterocycles. The zero-order valence-corrected chi connectivity index (χ0v) is 15.3. The van der Waals surface area contributed by atoms with Crippen molar-refractivity contribution in [2.45, 2.75) is 38.5 Å². The summed E-state index contributed by atoms with van der Waals surface area (Å²) in [5.41, 5.74) is 0.982. The van der Waals surface area contributed by atoms with Gasteiger partial charge in [0.05, 0.1) is 21.0 Å². The summed E-state index contributed by atoms with van der Waals surface area (Å²) >= 11 is 3.45. The number of nitrogens with zero attached hydrogens (tertiary/aromatic N) is 3. The van der Waals surface area contributed by atoms with Crippen molar-refractivity contribution in [1.29, 1.82) is 4.78 Å². The van der Waals surface area contributed by atoms with E-state index in [0.29, 0.717) is 23.3 Å². The molecule has 1 aromatic heterocycles. The van der Waals surface area contributed by atoms with Crippen LogP contribution in [0.15, 0.2) is 4.47 Å². The number of aromatic nitrogens is 2. The average Bonchev–Trinajstić information content (AvgIpc) is 2.50. The molecule has 1 aromatic rings. The van der Waals surface area contributed by atoms with E-state index in [0.717, 1.165) is 5.69 Å². The highest BCUT2D eigenvalue weighted by Crippen LogP contribution is 2.29. The quantitative estimate of drug-likeness (QED) is 0.858. The first-order valence-corrected chi connectivity index (χ1v) is 9.52. The van der Waals surface area contributed by atoms with Crippen LogP contribution in [0.1, 0.15) is 37.0 Å². The van der Waals surface area contributed by atoms with Crippen LogP contribution < -0.4 is 0 Å². The summed E-state index contributed by atoms with van der Waals surface area (Å²) in [7, 11) is -2.59. The SMILES string of the molecule is Cc1nn(C(C)(C)C)c(C(=O)N2CC(S(C)(=N)=O)C2)c1Br. The van der Waals surface area contributed by atoms with Gasteiger partial charge in [-0.1, -0.05) is 0 Å². The van der Waals surface area contributed by atoms with Gasteiger partial charge in [0.2, 0.25) is 0 Å². The smallest absolute Gasteiger partial charge is 0.273 e. The Morgan fingerprint density at radius 2 is 1.95 bits per heavy atom. The lowest BCUT2D eigenvalue weighted by Crippen LogP contribution is -2.57. The maximum Gasteiger partial charge on any atom is 0.273 e. The third-order valence-corrected chi connectivity index (χ3v) is 6.12. The fourth-order valence-electron chi connectivity index (χ4n) is 2.22. The van der Waals surface area contributed by atoms with Gasteiger partial charge in [-0.3, -0.25) is 14.3 Å². The number of carbonyl (C=O) groups is 1. The van der Waals surface area contributed by atoms with E-state index in [1.807, 2.05) is 27.7 Å². The minimum Gasteiger partial charge on any atom is -0.335 e. The molecule has 21 heavy (non-hydrogen) atoms. The third kappa shape index (κ3) is 3.01. The van der Waals surface area contributed by atoms with E-state index in [1.54, 1.807) is 9.58 Å². The number of halogens is 1. The van der Waals surface area contributed by atoms with Gasteiger partial charge in [-0.15, -0.1) is 0 Å². The molecule has 0 aromatic carbocycles. The predicted molar refractivity (Wildman–Crippen MR) is 86.1 cm³/mol. The normalized spacial score (nSPS) is 19.2. The summed E-state index contributed by atoms with van der Waals surface area (Å²) in [5, 5.41) is 4.21. The van der Waals surface area contributed by atoms with Gasteiger partial charge in [-0.25, -0.2) is 4.21 Å². The molecule has 2 rings (SSSR count). The molecule has 1 aliphatic rings. The Hall–Kier alpha value is -0.890. The van der Waals surface area contributed by atoms with Crippen molar-refractivity contribution in [2.24, 2.45) is 0 Å². The van der Waals surface area contributed by atoms with E-state index in [9.17, 15) is 9.00 Å². The van der Waals surface area contributed by atoms with Gasteiger partial charge < -0.3 is 4.90 Å². The zero-order chi connectivity index (χ0) is 16.2. The van der Waals surface area contributed by atoms with E-state index in [4.69, 9.17) is 4.78 Å². The number of rotatable bonds is 2. The monoisotopic (exact) mass is 376 g/mol. The second kappa shape index (κ2) is 5.08. The highest BCUT2D eigenvalue weighted by Gasteiger charge is 2.39. The molecule has 0 aliphatic carbocycles. The molecule has 1 aliphatic heterocycles. The number of aryl methyl sites for hydroxylation is 1. The highest BCUT2D eigenvalue weighted by molar-refractivity contribution is 9.10. The number of amides is 1. The van der Waals surface area contributed by atoms with Crippen molar-refractivity contribution in [3.8, 4) is 0 Å². The van der Waals surface area contributed by atoms with Gasteiger partial charge in [0, 0.05) is 29.1 Å². The Kier molecular flexibility index (Phi) is 3.99. The van der Waals surface area contributed by atoms with Gasteiger partial charge in [-0.2, -0.15) is 5.10 Å². The molecule has 0 saturated carbocycles. The molecule has 0 bridgehead atoms. The van der Waals surface area contributed by atoms with Gasteiger partial charge in [0.1, 0.15) is 5.69 Å². The van der Waals surface area contributed by atoms with E-state index in [1.165, 1.54) is 6.26 Å². The molecule has 1 N–H and O–H groups in total. The largest absolute Gasteiger partial charge is 0.335 e. The minimum atomic E-state index is -2.59. The topological polar surface area (TPSA) is 79.1 Å². The van der Waals surface area contributed by atoms with Crippen LogP contribution in [0.25, 0.3) is 0 Å². The summed E-state index contributed by atoms with van der Waals surface area (Å²) in [5.74, 6) is -0.127. The van der Waals surface area contributed by atoms with E-state index in [2.05, 4.69) is 21.0 Å². The lowest BCUT2D eigenvalue weighted by atomic mass is 10.1. The maximum absolute atomic E-state index is 12.7. The molecule has 1 saturated heterocycles. The fraction of sp³-hybridized carbons (Fsp3) is 0.692. The summed E-state index contributed by atoms with van der Waals surface area (Å²) in [6, 6.07) is 0. The number of nitrogens with one attached hydrogen (secondary N) is 1. The van der Waals surface area contributed by atoms with E-state index in [-0.39, 0.29) is 16.7 Å². The van der Waals surface area contributed by atoms with Crippen molar-refractivity contribution in [3.05, 3.63) is 15.9 Å². The van der Waals surface area contributed by atoms with Crippen molar-refractivity contribution >= 4 is 31.6 Å².